The Kier molecular flexibility index (Phi) is 5.61. The zero-order valence-corrected chi connectivity index (χ0v) is 12.8. The molecule has 0 aliphatic rings. The van der Waals surface area contributed by atoms with Crippen LogP contribution in [0.25, 0.3) is 0 Å². The smallest absolute Gasteiger partial charge is 0.320 e. The zero-order valence-electron chi connectivity index (χ0n) is 11.2. The third-order valence-electron chi connectivity index (χ3n) is 2.64. The maximum Gasteiger partial charge on any atom is 0.320 e. The average Bonchev–Trinajstić information content (AvgIpc) is 2.38. The molecule has 110 valence electrons. The second-order valence-electron chi connectivity index (χ2n) is 4.15. The Morgan fingerprint density at radius 2 is 1.90 bits per heavy atom. The minimum atomic E-state index is -3.58. The molecule has 1 rings (SSSR count). The van der Waals surface area contributed by atoms with Crippen molar-refractivity contribution in [1.82, 2.24) is 4.31 Å². The molecule has 8 heteroatoms. The molecule has 1 aromatic rings. The van der Waals surface area contributed by atoms with Gasteiger partial charge in [-0.15, -0.1) is 0 Å². The lowest BCUT2D eigenvalue weighted by molar-refractivity contribution is -0.140. The lowest BCUT2D eigenvalue weighted by Crippen LogP contribution is -2.33. The Morgan fingerprint density at radius 3 is 2.35 bits per heavy atom. The van der Waals surface area contributed by atoms with E-state index in [0.29, 0.717) is 11.1 Å². The van der Waals surface area contributed by atoms with Gasteiger partial charge in [-0.2, -0.15) is 4.31 Å². The van der Waals surface area contributed by atoms with Gasteiger partial charge in [0.05, 0.1) is 12.9 Å². The van der Waals surface area contributed by atoms with Crippen LogP contribution in [0, 0.1) is 0 Å². The molecule has 0 saturated heterocycles. The van der Waals surface area contributed by atoms with Crippen molar-refractivity contribution in [3.63, 3.8) is 0 Å². The molecule has 0 aromatic heterocycles. The number of sulfonamides is 1. The van der Waals surface area contributed by atoms with Crippen LogP contribution in [-0.4, -0.2) is 44.4 Å². The molecule has 6 nitrogen and oxygen atoms in total. The first-order chi connectivity index (χ1) is 9.26. The van der Waals surface area contributed by atoms with Crippen LogP contribution in [0.15, 0.2) is 24.3 Å². The normalized spacial score (nSPS) is 11.3. The van der Waals surface area contributed by atoms with Crippen molar-refractivity contribution in [2.45, 2.75) is 5.75 Å². The van der Waals surface area contributed by atoms with E-state index in [-0.39, 0.29) is 17.3 Å². The van der Waals surface area contributed by atoms with E-state index in [1.165, 1.54) is 14.2 Å². The van der Waals surface area contributed by atoms with Crippen LogP contribution in [0.3, 0.4) is 0 Å². The molecule has 0 aliphatic carbocycles. The summed E-state index contributed by atoms with van der Waals surface area (Å²) < 4.78 is 29.5. The second kappa shape index (κ2) is 6.78. The molecule has 0 heterocycles. The topological polar surface area (TPSA) is 89.7 Å². The fraction of sp³-hybridized carbons (Fsp3) is 0.333. The maximum atomic E-state index is 12.0. The van der Waals surface area contributed by atoms with Gasteiger partial charge in [-0.05, 0) is 5.56 Å². The molecule has 0 saturated carbocycles. The first kappa shape index (κ1) is 16.5. The number of rotatable bonds is 6. The number of nitrogens with two attached hydrogens (primary N) is 1. The summed E-state index contributed by atoms with van der Waals surface area (Å²) in [7, 11) is -1.05. The van der Waals surface area contributed by atoms with Crippen LogP contribution in [0.4, 0.5) is 0 Å². The van der Waals surface area contributed by atoms with Crippen LogP contribution in [0.5, 0.6) is 0 Å². The molecule has 0 atom stereocenters. The van der Waals surface area contributed by atoms with Gasteiger partial charge in [0.15, 0.2) is 0 Å². The number of carbonyl (C=O) groups excluding carboxylic acids is 1. The molecule has 20 heavy (non-hydrogen) atoms. The molecule has 0 spiro atoms. The summed E-state index contributed by atoms with van der Waals surface area (Å²) >= 11 is 4.82. The van der Waals surface area contributed by atoms with E-state index >= 15 is 0 Å². The predicted octanol–water partition coefficient (Wildman–Crippen LogP) is 0.255. The van der Waals surface area contributed by atoms with E-state index in [4.69, 9.17) is 18.0 Å². The highest BCUT2D eigenvalue weighted by Crippen LogP contribution is 2.11. The highest BCUT2D eigenvalue weighted by Gasteiger charge is 2.21. The zero-order chi connectivity index (χ0) is 15.3. The van der Waals surface area contributed by atoms with Crippen molar-refractivity contribution in [1.29, 1.82) is 0 Å². The predicted molar refractivity (Wildman–Crippen MR) is 79.6 cm³/mol. The van der Waals surface area contributed by atoms with Crippen LogP contribution in [0.2, 0.25) is 0 Å². The first-order valence-electron chi connectivity index (χ1n) is 5.66. The molecule has 0 unspecified atom stereocenters. The van der Waals surface area contributed by atoms with Crippen LogP contribution in [0.1, 0.15) is 11.1 Å². The van der Waals surface area contributed by atoms with E-state index in [1.807, 2.05) is 0 Å². The molecule has 0 fully saturated rings. The summed E-state index contributed by atoms with van der Waals surface area (Å²) in [5, 5.41) is 0. The minimum Gasteiger partial charge on any atom is -0.468 e. The Hall–Kier alpha value is -1.51. The number of hydrogen-bond acceptors (Lipinski definition) is 5. The Morgan fingerprint density at radius 1 is 1.35 bits per heavy atom. The largest absolute Gasteiger partial charge is 0.468 e. The number of carbonyl (C=O) groups is 1. The van der Waals surface area contributed by atoms with E-state index in [1.54, 1.807) is 24.3 Å². The number of benzene rings is 1. The van der Waals surface area contributed by atoms with Gasteiger partial charge in [0.2, 0.25) is 10.0 Å². The number of thiocarbonyl (C=S) groups is 1. The van der Waals surface area contributed by atoms with E-state index < -0.39 is 16.0 Å². The van der Waals surface area contributed by atoms with Gasteiger partial charge in [0.25, 0.3) is 0 Å². The highest BCUT2D eigenvalue weighted by atomic mass is 32.2. The van der Waals surface area contributed by atoms with E-state index in [9.17, 15) is 13.2 Å². The number of hydrogen-bond donors (Lipinski definition) is 1. The monoisotopic (exact) mass is 316 g/mol. The summed E-state index contributed by atoms with van der Waals surface area (Å²) in [5.74, 6) is -0.821. The van der Waals surface area contributed by atoms with Crippen molar-refractivity contribution < 1.29 is 17.9 Å². The summed E-state index contributed by atoms with van der Waals surface area (Å²) in [6, 6.07) is 6.59. The van der Waals surface area contributed by atoms with E-state index in [0.717, 1.165) is 4.31 Å². The third-order valence-corrected chi connectivity index (χ3v) is 4.65. The molecule has 2 N–H and O–H groups in total. The van der Waals surface area contributed by atoms with Gasteiger partial charge in [0.1, 0.15) is 11.5 Å². The summed E-state index contributed by atoms with van der Waals surface area (Å²) in [5.41, 5.74) is 6.72. The van der Waals surface area contributed by atoms with Crippen LogP contribution < -0.4 is 5.73 Å². The van der Waals surface area contributed by atoms with E-state index in [2.05, 4.69) is 4.74 Å². The fourth-order valence-electron chi connectivity index (χ4n) is 1.43. The lowest BCUT2D eigenvalue weighted by Gasteiger charge is -2.15. The molecular formula is C12H16N2O4S2. The second-order valence-corrected chi connectivity index (χ2v) is 6.67. The van der Waals surface area contributed by atoms with Crippen molar-refractivity contribution in [3.05, 3.63) is 35.4 Å². The van der Waals surface area contributed by atoms with Crippen molar-refractivity contribution in [2.24, 2.45) is 5.73 Å². The number of esters is 1. The SMILES string of the molecule is COC(=O)CN(C)S(=O)(=O)Cc1ccc(C(N)=S)cc1. The Bertz CT molecular complexity index is 596. The number of likely N-dealkylation sites (N-methyl/N-ethyl adjacent to an activating group) is 1. The van der Waals surface area contributed by atoms with Gasteiger partial charge in [-0.1, -0.05) is 36.5 Å². The van der Waals surface area contributed by atoms with Gasteiger partial charge >= 0.3 is 5.97 Å². The molecule has 0 bridgehead atoms. The maximum absolute atomic E-state index is 12.0. The molecule has 0 amide bonds. The van der Waals surface area contributed by atoms with Crippen molar-refractivity contribution >= 4 is 33.2 Å². The first-order valence-corrected chi connectivity index (χ1v) is 7.67. The Balaban J connectivity index is 2.80. The van der Waals surface area contributed by atoms with Crippen molar-refractivity contribution in [3.8, 4) is 0 Å². The fourth-order valence-corrected chi connectivity index (χ4v) is 2.70. The van der Waals surface area contributed by atoms with Crippen molar-refractivity contribution in [2.75, 3.05) is 20.7 Å². The standard InChI is InChI=1S/C12H16N2O4S2/c1-14(7-11(15)18-2)20(16,17)8-9-3-5-10(6-4-9)12(13)19/h3-6H,7-8H2,1-2H3,(H2,13,19). The summed E-state index contributed by atoms with van der Waals surface area (Å²) in [4.78, 5) is 11.3. The Labute approximate surface area is 123 Å². The summed E-state index contributed by atoms with van der Waals surface area (Å²) in [6.07, 6.45) is 0. The number of nitrogens with zero attached hydrogens (tertiary/aromatic N) is 1. The quantitative estimate of drug-likeness (QED) is 0.598. The average molecular weight is 316 g/mol. The molecule has 0 radical (unpaired) electrons. The molecule has 1 aromatic carbocycles. The molecule has 0 aliphatic heterocycles. The molecular weight excluding hydrogens is 300 g/mol. The highest BCUT2D eigenvalue weighted by molar-refractivity contribution is 7.88. The van der Waals surface area contributed by atoms with Gasteiger partial charge in [0, 0.05) is 12.6 Å². The van der Waals surface area contributed by atoms with Crippen LogP contribution >= 0.6 is 12.2 Å². The van der Waals surface area contributed by atoms with Crippen LogP contribution in [-0.2, 0) is 25.3 Å². The summed E-state index contributed by atoms with van der Waals surface area (Å²) in [6.45, 7) is -0.316. The van der Waals surface area contributed by atoms with Gasteiger partial charge in [-0.25, -0.2) is 8.42 Å². The minimum absolute atomic E-state index is 0.210. The number of methoxy groups -OCH3 is 1. The lowest BCUT2D eigenvalue weighted by atomic mass is 10.1. The van der Waals surface area contributed by atoms with Gasteiger partial charge in [-0.3, -0.25) is 4.79 Å². The number of ether oxygens (including phenoxy) is 1. The third kappa shape index (κ3) is 4.55. The van der Waals surface area contributed by atoms with Gasteiger partial charge < -0.3 is 10.5 Å².